The fraction of sp³-hybridized carbons (Fsp3) is 0.605. The lowest BCUT2D eigenvalue weighted by molar-refractivity contribution is -0.130. The summed E-state index contributed by atoms with van der Waals surface area (Å²) in [5.41, 5.74) is 5.27. The van der Waals surface area contributed by atoms with Gasteiger partial charge in [-0.3, -0.25) is 14.6 Å². The number of aryl methyl sites for hydroxylation is 3. The summed E-state index contributed by atoms with van der Waals surface area (Å²) in [6.45, 7) is 14.6. The van der Waals surface area contributed by atoms with Crippen molar-refractivity contribution in [1.82, 2.24) is 29.2 Å². The number of aromatic nitrogens is 3. The molecule has 272 valence electrons. The maximum absolute atomic E-state index is 13.1. The van der Waals surface area contributed by atoms with Gasteiger partial charge in [0.25, 0.3) is 0 Å². The van der Waals surface area contributed by atoms with E-state index >= 15 is 0 Å². The summed E-state index contributed by atoms with van der Waals surface area (Å²) in [4.78, 5) is 29.1. The van der Waals surface area contributed by atoms with Crippen LogP contribution in [0, 0.1) is 19.8 Å². The first-order valence-electron chi connectivity index (χ1n) is 18.2. The molecule has 4 aromatic rings. The van der Waals surface area contributed by atoms with Crippen molar-refractivity contribution in [2.24, 2.45) is 5.92 Å². The highest BCUT2D eigenvalue weighted by molar-refractivity contribution is 7.18. The Kier molecular flexibility index (Phi) is 11.1. The number of piperidine rings is 2. The molecular formula is C38H52F3N7OS. The molecule has 0 saturated carbocycles. The third-order valence-electron chi connectivity index (χ3n) is 10.9. The highest BCUT2D eigenvalue weighted by Crippen LogP contribution is 2.34. The zero-order chi connectivity index (χ0) is 35.7. The van der Waals surface area contributed by atoms with Crippen LogP contribution in [0.15, 0.2) is 24.3 Å². The number of alkyl halides is 3. The number of anilines is 1. The van der Waals surface area contributed by atoms with E-state index in [1.165, 1.54) is 27.7 Å². The number of likely N-dealkylation sites (tertiary alicyclic amines) is 2. The monoisotopic (exact) mass is 711 g/mol. The van der Waals surface area contributed by atoms with Gasteiger partial charge in [-0.05, 0) is 94.8 Å². The van der Waals surface area contributed by atoms with E-state index in [1.54, 1.807) is 11.0 Å². The van der Waals surface area contributed by atoms with E-state index in [0.29, 0.717) is 46.7 Å². The number of benzene rings is 1. The van der Waals surface area contributed by atoms with E-state index in [9.17, 15) is 18.0 Å². The Morgan fingerprint density at radius 2 is 1.76 bits per heavy atom. The minimum absolute atomic E-state index is 0.202. The molecule has 0 unspecified atom stereocenters. The quantitative estimate of drug-likeness (QED) is 0.173. The van der Waals surface area contributed by atoms with Gasteiger partial charge in [0.05, 0.1) is 11.8 Å². The van der Waals surface area contributed by atoms with Crippen molar-refractivity contribution in [3.05, 3.63) is 51.8 Å². The van der Waals surface area contributed by atoms with E-state index in [2.05, 4.69) is 63.6 Å². The third-order valence-corrected chi connectivity index (χ3v) is 11.9. The number of carbonyl (C=O) groups excluding carboxylic acids is 1. The van der Waals surface area contributed by atoms with Crippen LogP contribution in [0.1, 0.15) is 73.5 Å². The van der Waals surface area contributed by atoms with Crippen molar-refractivity contribution in [2.45, 2.75) is 104 Å². The molecule has 50 heavy (non-hydrogen) atoms. The molecule has 8 nitrogen and oxygen atoms in total. The van der Waals surface area contributed by atoms with Crippen LogP contribution >= 0.6 is 11.3 Å². The normalized spacial score (nSPS) is 17.9. The Balaban J connectivity index is 1.06. The second-order valence-corrected chi connectivity index (χ2v) is 15.9. The van der Waals surface area contributed by atoms with Crippen LogP contribution in [-0.4, -0.2) is 93.7 Å². The average molecular weight is 712 g/mol. The van der Waals surface area contributed by atoms with Crippen LogP contribution in [-0.2, 0) is 30.7 Å². The molecule has 1 atom stereocenters. The molecular weight excluding hydrogens is 660 g/mol. The van der Waals surface area contributed by atoms with Crippen molar-refractivity contribution in [3.63, 3.8) is 0 Å². The molecule has 2 aliphatic rings. The lowest BCUT2D eigenvalue weighted by atomic mass is 9.92. The molecule has 2 aliphatic heterocycles. The number of carbonyl (C=O) groups is 1. The van der Waals surface area contributed by atoms with Crippen LogP contribution in [0.5, 0.6) is 0 Å². The molecule has 3 aromatic heterocycles. The highest BCUT2D eigenvalue weighted by atomic mass is 32.1. The summed E-state index contributed by atoms with van der Waals surface area (Å²) < 4.78 is 41.8. The van der Waals surface area contributed by atoms with Gasteiger partial charge in [0.15, 0.2) is 0 Å². The van der Waals surface area contributed by atoms with Crippen molar-refractivity contribution in [1.29, 1.82) is 0 Å². The SMILES string of the molecule is CCc1nc(NC2CCN(Cc3ccc4c(cc(C)n4C[C@H](C)N4CCC(CC(=O)N(C)C)CC4)c3C)CC2)c2cc(CC(F)(F)F)sc2n1. The van der Waals surface area contributed by atoms with Crippen molar-refractivity contribution >= 4 is 44.2 Å². The van der Waals surface area contributed by atoms with E-state index in [0.717, 1.165) is 76.3 Å². The zero-order valence-electron chi connectivity index (χ0n) is 30.4. The number of hydrogen-bond acceptors (Lipinski definition) is 7. The van der Waals surface area contributed by atoms with Gasteiger partial charge in [0.2, 0.25) is 5.91 Å². The Morgan fingerprint density at radius 1 is 1.04 bits per heavy atom. The zero-order valence-corrected chi connectivity index (χ0v) is 31.2. The minimum atomic E-state index is -4.25. The fourth-order valence-corrected chi connectivity index (χ4v) is 8.79. The van der Waals surface area contributed by atoms with Crippen molar-refractivity contribution < 1.29 is 18.0 Å². The van der Waals surface area contributed by atoms with Gasteiger partial charge < -0.3 is 14.8 Å². The molecule has 1 aromatic carbocycles. The number of hydrogen-bond donors (Lipinski definition) is 1. The van der Waals surface area contributed by atoms with Gasteiger partial charge in [0, 0.05) is 86.7 Å². The largest absolute Gasteiger partial charge is 0.393 e. The minimum Gasteiger partial charge on any atom is -0.367 e. The lowest BCUT2D eigenvalue weighted by Gasteiger charge is -2.36. The van der Waals surface area contributed by atoms with Crippen LogP contribution < -0.4 is 5.32 Å². The summed E-state index contributed by atoms with van der Waals surface area (Å²) in [7, 11) is 3.68. The van der Waals surface area contributed by atoms with E-state index in [1.807, 2.05) is 21.0 Å². The fourth-order valence-electron chi connectivity index (χ4n) is 7.71. The Morgan fingerprint density at radius 3 is 2.42 bits per heavy atom. The predicted octanol–water partition coefficient (Wildman–Crippen LogP) is 7.59. The van der Waals surface area contributed by atoms with E-state index in [4.69, 9.17) is 4.98 Å². The molecule has 0 spiro atoms. The molecule has 5 heterocycles. The van der Waals surface area contributed by atoms with Gasteiger partial charge >= 0.3 is 6.18 Å². The summed E-state index contributed by atoms with van der Waals surface area (Å²) in [6.07, 6.45) is 0.124. The van der Waals surface area contributed by atoms with Crippen LogP contribution in [0.2, 0.25) is 0 Å². The van der Waals surface area contributed by atoms with E-state index in [-0.39, 0.29) is 16.8 Å². The predicted molar refractivity (Wildman–Crippen MR) is 197 cm³/mol. The lowest BCUT2D eigenvalue weighted by Crippen LogP contribution is -2.42. The Bertz CT molecular complexity index is 1800. The summed E-state index contributed by atoms with van der Waals surface area (Å²) in [6, 6.07) is 9.17. The molecule has 2 fully saturated rings. The van der Waals surface area contributed by atoms with Crippen LogP contribution in [0.3, 0.4) is 0 Å². The summed E-state index contributed by atoms with van der Waals surface area (Å²) in [5, 5.41) is 5.59. The van der Waals surface area contributed by atoms with Gasteiger partial charge in [-0.25, -0.2) is 9.97 Å². The second kappa shape index (κ2) is 15.2. The maximum Gasteiger partial charge on any atom is 0.393 e. The maximum atomic E-state index is 13.1. The van der Waals surface area contributed by atoms with Gasteiger partial charge in [0.1, 0.15) is 16.5 Å². The van der Waals surface area contributed by atoms with Gasteiger partial charge in [-0.1, -0.05) is 13.0 Å². The first kappa shape index (κ1) is 36.6. The standard InChI is InChI=1S/C38H52F3N7OS/c1-7-34-43-36(32-20-30(21-38(39,40)41)50-37(32)44-34)42-29-12-14-46(15-13-29)23-28-8-9-33-31(26(28)4)18-24(2)48(33)22-25(3)47-16-10-27(11-17-47)19-35(49)45(5)6/h8-9,18,20,25,27,29H,7,10-17,19,21-23H2,1-6H3,(H,42,43,44)/t25-/m0/s1. The number of halogens is 3. The van der Waals surface area contributed by atoms with Gasteiger partial charge in [-0.2, -0.15) is 13.2 Å². The number of nitrogens with zero attached hydrogens (tertiary/aromatic N) is 6. The number of nitrogens with one attached hydrogen (secondary N) is 1. The molecule has 12 heteroatoms. The highest BCUT2D eigenvalue weighted by Gasteiger charge is 2.30. The molecule has 0 aliphatic carbocycles. The molecule has 1 N–H and O–H groups in total. The van der Waals surface area contributed by atoms with E-state index < -0.39 is 12.6 Å². The second-order valence-electron chi connectivity index (χ2n) is 14.8. The van der Waals surface area contributed by atoms with Gasteiger partial charge in [-0.15, -0.1) is 11.3 Å². The summed E-state index contributed by atoms with van der Waals surface area (Å²) >= 11 is 1.11. The number of amides is 1. The summed E-state index contributed by atoms with van der Waals surface area (Å²) in [5.74, 6) is 2.03. The smallest absolute Gasteiger partial charge is 0.367 e. The molecule has 0 bridgehead atoms. The number of thiophene rings is 1. The Labute approximate surface area is 298 Å². The topological polar surface area (TPSA) is 69.5 Å². The average Bonchev–Trinajstić information content (AvgIpc) is 3.62. The molecule has 6 rings (SSSR count). The third kappa shape index (κ3) is 8.45. The molecule has 2 saturated heterocycles. The van der Waals surface area contributed by atoms with Crippen molar-refractivity contribution in [2.75, 3.05) is 45.6 Å². The number of rotatable bonds is 11. The molecule has 0 radical (unpaired) electrons. The number of fused-ring (bicyclic) bond motifs is 2. The first-order chi connectivity index (χ1) is 23.8. The Hall–Kier alpha value is -3.22. The van der Waals surface area contributed by atoms with Crippen LogP contribution in [0.25, 0.3) is 21.1 Å². The van der Waals surface area contributed by atoms with Crippen molar-refractivity contribution in [3.8, 4) is 0 Å². The van der Waals surface area contributed by atoms with Crippen LogP contribution in [0.4, 0.5) is 19.0 Å². The molecule has 1 amide bonds. The first-order valence-corrected chi connectivity index (χ1v) is 19.0.